The molecule has 0 aromatic heterocycles. The summed E-state index contributed by atoms with van der Waals surface area (Å²) in [7, 11) is -0.187. The molecule has 0 saturated carbocycles. The molecule has 1 rings (SSSR count). The second-order valence-corrected chi connectivity index (χ2v) is 2.05. The van der Waals surface area contributed by atoms with Gasteiger partial charge in [-0.2, -0.15) is 0 Å². The fourth-order valence-electron chi connectivity index (χ4n) is 0.734. The molecule has 0 amide bonds. The van der Waals surface area contributed by atoms with Crippen LogP contribution in [0.1, 0.15) is 1.37 Å². The number of ether oxygens (including phenoxy) is 1. The first-order valence-corrected chi connectivity index (χ1v) is 3.16. The molecule has 0 heterocycles. The van der Waals surface area contributed by atoms with Crippen LogP contribution in [0.5, 0.6) is 5.75 Å². The minimum Gasteiger partial charge on any atom is -0.497 e. The Morgan fingerprint density at radius 2 is 2.27 bits per heavy atom. The molecule has 0 aliphatic rings. The molecule has 2 N–H and O–H groups in total. The van der Waals surface area contributed by atoms with Gasteiger partial charge in [0.25, 0.3) is 0 Å². The number of benzene rings is 1. The van der Waals surface area contributed by atoms with Crippen LogP contribution < -0.4 is 10.2 Å². The van der Waals surface area contributed by atoms with Crippen LogP contribution in [0.4, 0.5) is 0 Å². The maximum absolute atomic E-state index is 8.80. The van der Waals surface area contributed by atoms with Crippen LogP contribution in [-0.2, 0) is 0 Å². The van der Waals surface area contributed by atoms with Crippen molar-refractivity contribution in [2.24, 2.45) is 0 Å². The van der Waals surface area contributed by atoms with E-state index < -0.39 is 7.12 Å². The van der Waals surface area contributed by atoms with Crippen molar-refractivity contribution in [3.63, 3.8) is 0 Å². The average Bonchev–Trinajstić information content (AvgIpc) is 2.04. The van der Waals surface area contributed by atoms with Crippen LogP contribution in [0, 0.1) is 0 Å². The highest BCUT2D eigenvalue weighted by Crippen LogP contribution is 2.05. The summed E-state index contributed by atoms with van der Waals surface area (Å²) >= 11 is 0. The van der Waals surface area contributed by atoms with E-state index in [2.05, 4.69) is 0 Å². The van der Waals surface area contributed by atoms with E-state index in [1.165, 1.54) is 13.2 Å². The molecule has 0 unspecified atom stereocenters. The number of methoxy groups -OCH3 is 1. The highest BCUT2D eigenvalue weighted by atomic mass is 16.5. The molecule has 0 aliphatic heterocycles. The Bertz CT molecular complexity index is 277. The van der Waals surface area contributed by atoms with Crippen molar-refractivity contribution >= 4 is 12.6 Å². The van der Waals surface area contributed by atoms with E-state index in [0.717, 1.165) is 0 Å². The highest BCUT2D eigenvalue weighted by molar-refractivity contribution is 6.58. The van der Waals surface area contributed by atoms with E-state index in [4.69, 9.17) is 16.2 Å². The fourth-order valence-corrected chi connectivity index (χ4v) is 0.734. The van der Waals surface area contributed by atoms with E-state index in [1.54, 1.807) is 12.1 Å². The van der Waals surface area contributed by atoms with E-state index in [1.807, 2.05) is 0 Å². The Morgan fingerprint density at radius 3 is 2.82 bits per heavy atom. The van der Waals surface area contributed by atoms with Gasteiger partial charge in [-0.25, -0.2) is 0 Å². The Labute approximate surface area is 66.8 Å². The molecular weight excluding hydrogens is 143 g/mol. The molecule has 3 nitrogen and oxygen atoms in total. The smallest absolute Gasteiger partial charge is 0.488 e. The van der Waals surface area contributed by atoms with Gasteiger partial charge < -0.3 is 14.8 Å². The standard InChI is InChI=1S/C7H9BO3/c1-11-7-4-2-3-6(5-7)8(9)10/h2-5,9-10H,1H3/i5D. The molecule has 1 aromatic carbocycles. The highest BCUT2D eigenvalue weighted by Gasteiger charge is 2.10. The third kappa shape index (κ3) is 1.96. The van der Waals surface area contributed by atoms with Crippen LogP contribution in [0.25, 0.3) is 0 Å². The van der Waals surface area contributed by atoms with Crippen molar-refractivity contribution in [1.29, 1.82) is 0 Å². The van der Waals surface area contributed by atoms with E-state index in [9.17, 15) is 0 Å². The fraction of sp³-hybridized carbons (Fsp3) is 0.143. The predicted molar refractivity (Wildman–Crippen MR) is 42.8 cm³/mol. The number of rotatable bonds is 2. The lowest BCUT2D eigenvalue weighted by molar-refractivity contribution is 0.412. The summed E-state index contributed by atoms with van der Waals surface area (Å²) in [5.74, 6) is 0.334. The molecule has 1 aromatic rings. The molecular formula is C7H9BO3. The van der Waals surface area contributed by atoms with Gasteiger partial charge in [0, 0.05) is 0 Å². The van der Waals surface area contributed by atoms with E-state index in [0.29, 0.717) is 5.75 Å². The zero-order valence-electron chi connectivity index (χ0n) is 7.11. The van der Waals surface area contributed by atoms with Crippen molar-refractivity contribution in [2.75, 3.05) is 7.11 Å². The van der Waals surface area contributed by atoms with Gasteiger partial charge >= 0.3 is 7.12 Å². The Morgan fingerprint density at radius 1 is 1.55 bits per heavy atom. The first kappa shape index (κ1) is 6.70. The first-order chi connectivity index (χ1) is 5.66. The average molecular weight is 153 g/mol. The Balaban J connectivity index is 3.14. The van der Waals surface area contributed by atoms with Gasteiger partial charge in [0.2, 0.25) is 0 Å². The molecule has 0 radical (unpaired) electrons. The maximum atomic E-state index is 8.80. The molecule has 58 valence electrons. The SMILES string of the molecule is [2H]c1c(OC)cccc1B(O)O. The van der Waals surface area contributed by atoms with Gasteiger partial charge in [0.1, 0.15) is 5.75 Å². The van der Waals surface area contributed by atoms with Crippen molar-refractivity contribution in [3.8, 4) is 5.75 Å². The summed E-state index contributed by atoms with van der Waals surface area (Å²) in [5, 5.41) is 17.6. The molecule has 0 saturated heterocycles. The molecule has 0 atom stereocenters. The molecule has 11 heavy (non-hydrogen) atoms. The normalized spacial score (nSPS) is 10.6. The number of hydrogen-bond donors (Lipinski definition) is 2. The molecule has 0 spiro atoms. The van der Waals surface area contributed by atoms with Crippen LogP contribution in [0.15, 0.2) is 24.2 Å². The molecule has 4 heteroatoms. The summed E-state index contributed by atoms with van der Waals surface area (Å²) in [4.78, 5) is 0. The first-order valence-electron chi connectivity index (χ1n) is 3.66. The second kappa shape index (κ2) is 3.41. The molecule has 0 bridgehead atoms. The van der Waals surface area contributed by atoms with Gasteiger partial charge in [0.05, 0.1) is 8.48 Å². The van der Waals surface area contributed by atoms with Crippen molar-refractivity contribution in [2.45, 2.75) is 0 Å². The van der Waals surface area contributed by atoms with Crippen LogP contribution in [0.2, 0.25) is 0 Å². The van der Waals surface area contributed by atoms with Gasteiger partial charge in [0.15, 0.2) is 0 Å². The van der Waals surface area contributed by atoms with E-state index >= 15 is 0 Å². The van der Waals surface area contributed by atoms with Gasteiger partial charge in [-0.3, -0.25) is 0 Å². The Kier molecular flexibility index (Phi) is 2.08. The zero-order valence-corrected chi connectivity index (χ0v) is 6.11. The minimum atomic E-state index is -1.62. The Hall–Kier alpha value is -0.995. The summed E-state index contributed by atoms with van der Waals surface area (Å²) in [6.07, 6.45) is 0. The third-order valence-corrected chi connectivity index (χ3v) is 1.29. The predicted octanol–water partition coefficient (Wildman–Crippen LogP) is -0.625. The summed E-state index contributed by atoms with van der Waals surface area (Å²) in [6, 6.07) is 4.67. The lowest BCUT2D eigenvalue weighted by atomic mass is 9.80. The molecule has 0 fully saturated rings. The van der Waals surface area contributed by atoms with Crippen LogP contribution in [0.3, 0.4) is 0 Å². The lowest BCUT2D eigenvalue weighted by Gasteiger charge is -2.01. The monoisotopic (exact) mass is 153 g/mol. The quantitative estimate of drug-likeness (QED) is 0.556. The van der Waals surface area contributed by atoms with Crippen LogP contribution >= 0.6 is 0 Å². The van der Waals surface area contributed by atoms with Crippen molar-refractivity contribution < 1.29 is 16.2 Å². The largest absolute Gasteiger partial charge is 0.497 e. The van der Waals surface area contributed by atoms with Crippen molar-refractivity contribution in [1.82, 2.24) is 0 Å². The topological polar surface area (TPSA) is 49.7 Å². The van der Waals surface area contributed by atoms with Crippen LogP contribution in [-0.4, -0.2) is 24.3 Å². The van der Waals surface area contributed by atoms with Gasteiger partial charge in [-0.05, 0) is 17.6 Å². The van der Waals surface area contributed by atoms with Crippen molar-refractivity contribution in [3.05, 3.63) is 24.2 Å². The second-order valence-electron chi connectivity index (χ2n) is 2.05. The minimum absolute atomic E-state index is 0.00926. The lowest BCUT2D eigenvalue weighted by Crippen LogP contribution is -2.29. The summed E-state index contributed by atoms with van der Waals surface area (Å²) in [5.41, 5.74) is 0.148. The zero-order chi connectivity index (χ0) is 9.14. The van der Waals surface area contributed by atoms with Gasteiger partial charge in [-0.15, -0.1) is 0 Å². The molecule has 0 aliphatic carbocycles. The third-order valence-electron chi connectivity index (χ3n) is 1.29. The van der Waals surface area contributed by atoms with E-state index in [-0.39, 0.29) is 11.5 Å². The number of hydrogen-bond acceptors (Lipinski definition) is 3. The maximum Gasteiger partial charge on any atom is 0.488 e. The summed E-state index contributed by atoms with van der Waals surface area (Å²) in [6.45, 7) is 0. The van der Waals surface area contributed by atoms with Gasteiger partial charge in [-0.1, -0.05) is 12.1 Å². The summed E-state index contributed by atoms with van der Waals surface area (Å²) < 4.78 is 12.3.